The quantitative estimate of drug-likeness (QED) is 0.207. The summed E-state index contributed by atoms with van der Waals surface area (Å²) in [4.78, 5) is 8.32. The molecule has 0 radical (unpaired) electrons. The molecule has 234 valence electrons. The van der Waals surface area contributed by atoms with E-state index in [1.54, 1.807) is 13.0 Å². The SMILES string of the molecule is CC.CC.CC.CC1=NC(N)=CCN=C1c1[c-]cc(C(F)(F)F)cc1.CCCC.CCCCCCC(C)CC.[U]. The monoisotopic (exact) mass is 795 g/mol. The maximum absolute atomic E-state index is 12.5. The molecule has 0 bridgehead atoms. The van der Waals surface area contributed by atoms with Gasteiger partial charge < -0.3 is 10.7 Å². The molecule has 0 saturated heterocycles. The molecule has 0 spiro atoms. The van der Waals surface area contributed by atoms with Gasteiger partial charge in [-0.05, 0) is 24.5 Å². The van der Waals surface area contributed by atoms with E-state index >= 15 is 0 Å². The summed E-state index contributed by atoms with van der Waals surface area (Å²) in [6, 6.07) is 5.84. The van der Waals surface area contributed by atoms with Gasteiger partial charge in [-0.25, -0.2) is 4.99 Å². The van der Waals surface area contributed by atoms with Crippen LogP contribution in [0.4, 0.5) is 13.2 Å². The van der Waals surface area contributed by atoms with Crippen molar-refractivity contribution in [2.75, 3.05) is 6.54 Å². The fourth-order valence-electron chi connectivity index (χ4n) is 2.79. The maximum atomic E-state index is 12.5. The number of rotatable bonds is 8. The molecule has 1 aromatic carbocycles. The molecule has 3 nitrogen and oxygen atoms in total. The molecule has 1 aromatic rings. The van der Waals surface area contributed by atoms with Crippen molar-refractivity contribution < 1.29 is 44.3 Å². The van der Waals surface area contributed by atoms with Crippen LogP contribution < -0.4 is 5.73 Å². The second kappa shape index (κ2) is 34.1. The zero-order chi connectivity index (χ0) is 31.3. The Labute approximate surface area is 270 Å². The Morgan fingerprint density at radius 2 is 1.45 bits per heavy atom. The summed E-state index contributed by atoms with van der Waals surface area (Å²) in [6.45, 7) is 25.3. The molecular weight excluding hydrogens is 733 g/mol. The number of alkyl halides is 3. The van der Waals surface area contributed by atoms with Crippen molar-refractivity contribution in [3.63, 3.8) is 0 Å². The van der Waals surface area contributed by atoms with E-state index in [1.807, 2.05) is 41.5 Å². The maximum Gasteiger partial charge on any atom is 0.381 e. The van der Waals surface area contributed by atoms with Gasteiger partial charge in [0.05, 0.1) is 6.54 Å². The van der Waals surface area contributed by atoms with Gasteiger partial charge in [0.15, 0.2) is 0 Å². The smallest absolute Gasteiger partial charge is 0.381 e. The van der Waals surface area contributed by atoms with E-state index in [4.69, 9.17) is 5.73 Å². The van der Waals surface area contributed by atoms with Gasteiger partial charge in [-0.3, -0.25) is 0 Å². The van der Waals surface area contributed by atoms with Crippen molar-refractivity contribution in [2.45, 2.75) is 141 Å². The molecule has 1 aliphatic heterocycles. The molecule has 0 fully saturated rings. The fourth-order valence-corrected chi connectivity index (χ4v) is 2.79. The van der Waals surface area contributed by atoms with Crippen LogP contribution in [0.5, 0.6) is 0 Å². The zero-order valence-electron chi connectivity index (χ0n) is 27.9. The minimum Gasteiger partial charge on any atom is -0.384 e. The molecule has 0 saturated carbocycles. The van der Waals surface area contributed by atoms with Crippen molar-refractivity contribution in [1.82, 2.24) is 0 Å². The Kier molecular flexibility index (Phi) is 41.5. The van der Waals surface area contributed by atoms with E-state index in [0.717, 1.165) is 18.1 Å². The third-order valence-electron chi connectivity index (χ3n) is 5.33. The van der Waals surface area contributed by atoms with Gasteiger partial charge in [-0.1, -0.05) is 128 Å². The van der Waals surface area contributed by atoms with Crippen LogP contribution in [0.3, 0.4) is 0 Å². The molecule has 0 amide bonds. The minimum atomic E-state index is -4.37. The summed E-state index contributed by atoms with van der Waals surface area (Å²) in [5.41, 5.74) is 6.38. The molecule has 2 rings (SSSR count). The molecule has 7 heteroatoms. The summed E-state index contributed by atoms with van der Waals surface area (Å²) in [5.74, 6) is 1.31. The van der Waals surface area contributed by atoms with Crippen LogP contribution in [-0.2, 0) is 6.18 Å². The molecule has 2 N–H and O–H groups in total. The molecule has 1 atom stereocenters. The first-order valence-corrected chi connectivity index (χ1v) is 15.2. The normalized spacial score (nSPS) is 12.3. The van der Waals surface area contributed by atoms with Crippen molar-refractivity contribution in [3.05, 3.63) is 47.3 Å². The number of nitrogens with zero attached hydrogens (tertiary/aromatic N) is 2. The largest absolute Gasteiger partial charge is 0.384 e. The van der Waals surface area contributed by atoms with E-state index in [2.05, 4.69) is 50.7 Å². The number of hydrogen-bond donors (Lipinski definition) is 1. The second-order valence-corrected chi connectivity index (χ2v) is 8.37. The standard InChI is InChI=1S/C13H11F3N3.C10H22.C4H10.3C2H6.U/c1-8-12(18-7-6-11(17)19-8)9-2-4-10(5-3-9)13(14,15)16;1-4-6-7-8-9-10(3)5-2;1-3-4-2;3*1-2;/h2,4-6H,7,17H2,1H3;10H,4-9H2,1-3H3;3-4H2,1-2H3;3*1-2H3;/q-1;;;;;;. The van der Waals surface area contributed by atoms with Crippen molar-refractivity contribution in [2.24, 2.45) is 21.6 Å². The van der Waals surface area contributed by atoms with Crippen LogP contribution in [0.2, 0.25) is 0 Å². The van der Waals surface area contributed by atoms with Crippen molar-refractivity contribution >= 4 is 11.4 Å². The Balaban J connectivity index is -0.000000165. The summed E-state index contributed by atoms with van der Waals surface area (Å²) in [5, 5.41) is 0. The number of unbranched alkanes of at least 4 members (excludes halogenated alkanes) is 4. The number of hydrogen-bond acceptors (Lipinski definition) is 3. The number of aliphatic imine (C=N–C) groups is 2. The fraction of sp³-hybridized carbons (Fsp3) is 0.697. The van der Waals surface area contributed by atoms with Crippen LogP contribution >= 0.6 is 0 Å². The van der Waals surface area contributed by atoms with Gasteiger partial charge in [0.2, 0.25) is 0 Å². The first kappa shape index (κ1) is 48.7. The van der Waals surface area contributed by atoms with Crippen LogP contribution in [0.15, 0.2) is 40.1 Å². The molecule has 1 aliphatic rings. The second-order valence-electron chi connectivity index (χ2n) is 8.37. The number of halogens is 3. The van der Waals surface area contributed by atoms with Crippen molar-refractivity contribution in [1.29, 1.82) is 0 Å². The molecule has 1 unspecified atom stereocenters. The summed E-state index contributed by atoms with van der Waals surface area (Å²) in [7, 11) is 0. The van der Waals surface area contributed by atoms with Gasteiger partial charge in [0.25, 0.3) is 0 Å². The summed E-state index contributed by atoms with van der Waals surface area (Å²) in [6.07, 6.45) is 8.39. The topological polar surface area (TPSA) is 50.7 Å². The van der Waals surface area contributed by atoms with Crippen LogP contribution in [0, 0.1) is 43.1 Å². The predicted octanol–water partition coefficient (Wildman–Crippen LogP) is 11.5. The Morgan fingerprint density at radius 3 is 1.85 bits per heavy atom. The van der Waals surface area contributed by atoms with Gasteiger partial charge >= 0.3 is 6.18 Å². The number of benzene rings is 1. The Morgan fingerprint density at radius 1 is 0.900 bits per heavy atom. The van der Waals surface area contributed by atoms with E-state index < -0.39 is 11.7 Å². The third-order valence-corrected chi connectivity index (χ3v) is 5.33. The van der Waals surface area contributed by atoms with Crippen LogP contribution in [-0.4, -0.2) is 18.0 Å². The average molecular weight is 795 g/mol. The first-order valence-electron chi connectivity index (χ1n) is 15.2. The molecule has 1 heterocycles. The van der Waals surface area contributed by atoms with Crippen molar-refractivity contribution in [3.8, 4) is 0 Å². The Bertz CT molecular complexity index is 738. The van der Waals surface area contributed by atoms with Crippen LogP contribution in [0.1, 0.15) is 146 Å². The summed E-state index contributed by atoms with van der Waals surface area (Å²) >= 11 is 0. The van der Waals surface area contributed by atoms with E-state index in [0.29, 0.717) is 29.4 Å². The molecule has 40 heavy (non-hydrogen) atoms. The average Bonchev–Trinajstić information content (AvgIpc) is 3.13. The van der Waals surface area contributed by atoms with Gasteiger partial charge in [-0.2, -0.15) is 13.2 Å². The van der Waals surface area contributed by atoms with Crippen LogP contribution in [0.25, 0.3) is 0 Å². The Hall–Kier alpha value is -1.06. The zero-order valence-corrected chi connectivity index (χ0v) is 32.0. The summed E-state index contributed by atoms with van der Waals surface area (Å²) < 4.78 is 37.4. The van der Waals surface area contributed by atoms with E-state index in [-0.39, 0.29) is 31.1 Å². The molecule has 0 aromatic heterocycles. The molecular formula is C33H61F3N3U-. The third kappa shape index (κ3) is 27.1. The number of nitrogens with two attached hydrogens (primary N) is 1. The van der Waals surface area contributed by atoms with E-state index in [9.17, 15) is 13.2 Å². The predicted molar refractivity (Wildman–Crippen MR) is 170 cm³/mol. The first-order chi connectivity index (χ1) is 18.6. The van der Waals surface area contributed by atoms with Gasteiger partial charge in [-0.15, -0.1) is 29.8 Å². The van der Waals surface area contributed by atoms with Gasteiger partial charge in [0, 0.05) is 42.5 Å². The van der Waals surface area contributed by atoms with E-state index in [1.165, 1.54) is 57.4 Å². The minimum absolute atomic E-state index is 0. The molecule has 0 aliphatic carbocycles. The van der Waals surface area contributed by atoms with Gasteiger partial charge in [0.1, 0.15) is 5.82 Å².